The molecule has 1 aromatic heterocycles. The fourth-order valence-corrected chi connectivity index (χ4v) is 3.91. The summed E-state index contributed by atoms with van der Waals surface area (Å²) in [5, 5.41) is -0.334. The van der Waals surface area contributed by atoms with Gasteiger partial charge in [-0.15, -0.1) is 0 Å². The molecule has 4 nitrogen and oxygen atoms in total. The maximum atomic E-state index is 12.1. The average Bonchev–Trinajstić information content (AvgIpc) is 2.88. The van der Waals surface area contributed by atoms with Gasteiger partial charge in [-0.05, 0) is 31.4 Å². The maximum absolute atomic E-state index is 12.1. The summed E-state index contributed by atoms with van der Waals surface area (Å²) in [5.41, 5.74) is 0. The highest BCUT2D eigenvalue weighted by Gasteiger charge is 2.32. The fraction of sp³-hybridized carbons (Fsp3) is 0.643. The SMILES string of the molecule is CS(=O)(=O)C1CCCC(C(=O)CCc2ccco2)C1. The van der Waals surface area contributed by atoms with Crippen molar-refractivity contribution in [1.82, 2.24) is 0 Å². The first-order chi connectivity index (χ1) is 8.97. The molecule has 0 N–H and O–H groups in total. The Morgan fingerprint density at radius 2 is 2.21 bits per heavy atom. The van der Waals surface area contributed by atoms with Crippen LogP contribution in [0.25, 0.3) is 0 Å². The first kappa shape index (κ1) is 14.3. The van der Waals surface area contributed by atoms with Gasteiger partial charge in [0.1, 0.15) is 21.4 Å². The van der Waals surface area contributed by atoms with E-state index in [1.807, 2.05) is 6.07 Å². The summed E-state index contributed by atoms with van der Waals surface area (Å²) in [4.78, 5) is 12.1. The monoisotopic (exact) mass is 284 g/mol. The molecule has 2 rings (SSSR count). The summed E-state index contributed by atoms with van der Waals surface area (Å²) in [6, 6.07) is 3.66. The number of aryl methyl sites for hydroxylation is 1. The van der Waals surface area contributed by atoms with Crippen molar-refractivity contribution in [1.29, 1.82) is 0 Å². The first-order valence-corrected chi connectivity index (χ1v) is 8.66. The van der Waals surface area contributed by atoms with E-state index < -0.39 is 9.84 Å². The second-order valence-corrected chi connectivity index (χ2v) is 7.69. The van der Waals surface area contributed by atoms with Crippen molar-refractivity contribution < 1.29 is 17.6 Å². The standard InChI is InChI=1S/C14H20O4S/c1-19(16,17)13-6-2-4-11(10-13)14(15)8-7-12-5-3-9-18-12/h3,5,9,11,13H,2,4,6-8,10H2,1H3. The van der Waals surface area contributed by atoms with Crippen LogP contribution in [0.1, 0.15) is 37.9 Å². The zero-order valence-electron chi connectivity index (χ0n) is 11.2. The molecule has 1 aromatic rings. The molecule has 0 bridgehead atoms. The second-order valence-electron chi connectivity index (χ2n) is 5.36. The third-order valence-corrected chi connectivity index (χ3v) is 5.52. The van der Waals surface area contributed by atoms with Crippen LogP contribution in [0, 0.1) is 5.92 Å². The van der Waals surface area contributed by atoms with Gasteiger partial charge in [-0.3, -0.25) is 4.79 Å². The summed E-state index contributed by atoms with van der Waals surface area (Å²) in [7, 11) is -3.02. The van der Waals surface area contributed by atoms with Crippen LogP contribution < -0.4 is 0 Å². The van der Waals surface area contributed by atoms with Gasteiger partial charge >= 0.3 is 0 Å². The molecule has 5 heteroatoms. The molecule has 0 amide bonds. The van der Waals surface area contributed by atoms with E-state index in [0.29, 0.717) is 25.7 Å². The van der Waals surface area contributed by atoms with Crippen molar-refractivity contribution in [2.45, 2.75) is 43.8 Å². The van der Waals surface area contributed by atoms with E-state index in [2.05, 4.69) is 0 Å². The number of carbonyl (C=O) groups excluding carboxylic acids is 1. The summed E-state index contributed by atoms with van der Waals surface area (Å²) in [6.45, 7) is 0. The van der Waals surface area contributed by atoms with Crippen molar-refractivity contribution in [2.24, 2.45) is 5.92 Å². The van der Waals surface area contributed by atoms with Gasteiger partial charge in [0.25, 0.3) is 0 Å². The van der Waals surface area contributed by atoms with E-state index in [4.69, 9.17) is 4.42 Å². The minimum absolute atomic E-state index is 0.0940. The van der Waals surface area contributed by atoms with Crippen LogP contribution >= 0.6 is 0 Å². The molecule has 2 atom stereocenters. The van der Waals surface area contributed by atoms with Gasteiger partial charge in [0.2, 0.25) is 0 Å². The topological polar surface area (TPSA) is 64.3 Å². The predicted molar refractivity (Wildman–Crippen MR) is 72.6 cm³/mol. The van der Waals surface area contributed by atoms with E-state index in [9.17, 15) is 13.2 Å². The third-order valence-electron chi connectivity index (χ3n) is 3.88. The molecule has 0 saturated heterocycles. The minimum Gasteiger partial charge on any atom is -0.469 e. The molecule has 19 heavy (non-hydrogen) atoms. The normalized spacial score (nSPS) is 24.3. The highest BCUT2D eigenvalue weighted by Crippen LogP contribution is 2.30. The number of carbonyl (C=O) groups is 1. The van der Waals surface area contributed by atoms with Gasteiger partial charge in [-0.1, -0.05) is 6.42 Å². The number of rotatable bonds is 5. The zero-order valence-corrected chi connectivity index (χ0v) is 12.0. The van der Waals surface area contributed by atoms with Gasteiger partial charge in [0, 0.05) is 25.0 Å². The Bertz CT molecular complexity index is 516. The molecule has 1 aliphatic rings. The second kappa shape index (κ2) is 5.90. The molecule has 1 fully saturated rings. The van der Waals surface area contributed by atoms with Crippen molar-refractivity contribution in [2.75, 3.05) is 6.26 Å². The van der Waals surface area contributed by atoms with E-state index in [1.165, 1.54) is 6.26 Å². The molecule has 1 saturated carbocycles. The van der Waals surface area contributed by atoms with Gasteiger partial charge in [-0.2, -0.15) is 0 Å². The van der Waals surface area contributed by atoms with E-state index in [-0.39, 0.29) is 17.0 Å². The largest absolute Gasteiger partial charge is 0.469 e. The van der Waals surface area contributed by atoms with Crippen molar-refractivity contribution in [3.63, 3.8) is 0 Å². The van der Waals surface area contributed by atoms with Crippen LogP contribution in [-0.2, 0) is 21.1 Å². The summed E-state index contributed by atoms with van der Waals surface area (Å²) in [5.74, 6) is 0.886. The van der Waals surface area contributed by atoms with Crippen molar-refractivity contribution in [3.05, 3.63) is 24.2 Å². The van der Waals surface area contributed by atoms with E-state index in [1.54, 1.807) is 12.3 Å². The Morgan fingerprint density at radius 3 is 2.84 bits per heavy atom. The van der Waals surface area contributed by atoms with Crippen LogP contribution in [0.15, 0.2) is 22.8 Å². The average molecular weight is 284 g/mol. The first-order valence-electron chi connectivity index (χ1n) is 6.71. The van der Waals surface area contributed by atoms with Crippen LogP contribution in [0.4, 0.5) is 0 Å². The van der Waals surface area contributed by atoms with Crippen molar-refractivity contribution >= 4 is 15.6 Å². The highest BCUT2D eigenvalue weighted by molar-refractivity contribution is 7.91. The number of Topliss-reactive ketones (excluding diaryl/α,β-unsaturated/α-hetero) is 1. The molecule has 2 unspecified atom stereocenters. The number of hydrogen-bond acceptors (Lipinski definition) is 4. The third kappa shape index (κ3) is 3.93. The molecular weight excluding hydrogens is 264 g/mol. The zero-order chi connectivity index (χ0) is 13.9. The molecule has 1 aliphatic carbocycles. The lowest BCUT2D eigenvalue weighted by molar-refractivity contribution is -0.123. The Kier molecular flexibility index (Phi) is 4.45. The molecule has 0 radical (unpaired) electrons. The summed E-state index contributed by atoms with van der Waals surface area (Å²) < 4.78 is 28.3. The molecule has 0 aromatic carbocycles. The Balaban J connectivity index is 1.88. The minimum atomic E-state index is -3.02. The Morgan fingerprint density at radius 1 is 1.42 bits per heavy atom. The van der Waals surface area contributed by atoms with Crippen LogP contribution in [0.2, 0.25) is 0 Å². The molecule has 0 aliphatic heterocycles. The summed E-state index contributed by atoms with van der Waals surface area (Å²) >= 11 is 0. The molecule has 0 spiro atoms. The van der Waals surface area contributed by atoms with Gasteiger partial charge < -0.3 is 4.42 Å². The van der Waals surface area contributed by atoms with Crippen LogP contribution in [0.3, 0.4) is 0 Å². The van der Waals surface area contributed by atoms with E-state index in [0.717, 1.165) is 18.6 Å². The number of ketones is 1. The highest BCUT2D eigenvalue weighted by atomic mass is 32.2. The number of sulfone groups is 1. The Labute approximate surface area is 114 Å². The lowest BCUT2D eigenvalue weighted by Crippen LogP contribution is -2.31. The molecular formula is C14H20O4S. The van der Waals surface area contributed by atoms with Gasteiger partial charge in [0.15, 0.2) is 0 Å². The quantitative estimate of drug-likeness (QED) is 0.832. The molecule has 106 valence electrons. The number of hydrogen-bond donors (Lipinski definition) is 0. The fourth-order valence-electron chi connectivity index (χ4n) is 2.73. The van der Waals surface area contributed by atoms with Gasteiger partial charge in [0.05, 0.1) is 11.5 Å². The smallest absolute Gasteiger partial charge is 0.150 e. The Hall–Kier alpha value is -1.10. The molecule has 1 heterocycles. The summed E-state index contributed by atoms with van der Waals surface area (Å²) in [6.07, 6.45) is 6.75. The van der Waals surface area contributed by atoms with E-state index >= 15 is 0 Å². The lowest BCUT2D eigenvalue weighted by Gasteiger charge is -2.26. The van der Waals surface area contributed by atoms with Crippen LogP contribution in [-0.4, -0.2) is 25.7 Å². The maximum Gasteiger partial charge on any atom is 0.150 e. The number of furan rings is 1. The predicted octanol–water partition coefficient (Wildman–Crippen LogP) is 2.38. The van der Waals surface area contributed by atoms with Gasteiger partial charge in [-0.25, -0.2) is 8.42 Å². The van der Waals surface area contributed by atoms with Crippen LogP contribution in [0.5, 0.6) is 0 Å². The lowest BCUT2D eigenvalue weighted by atomic mass is 9.84. The van der Waals surface area contributed by atoms with Crippen molar-refractivity contribution in [3.8, 4) is 0 Å².